The van der Waals surface area contributed by atoms with Crippen LogP contribution in [0.2, 0.25) is 10.0 Å². The average Bonchev–Trinajstić information content (AvgIpc) is 3.41. The van der Waals surface area contributed by atoms with Crippen molar-refractivity contribution in [1.29, 1.82) is 0 Å². The number of thiazole rings is 1. The van der Waals surface area contributed by atoms with Gasteiger partial charge in [0.25, 0.3) is 5.91 Å². The second-order valence-corrected chi connectivity index (χ2v) is 10.7. The van der Waals surface area contributed by atoms with Crippen LogP contribution in [0.15, 0.2) is 59.9 Å². The van der Waals surface area contributed by atoms with Gasteiger partial charge >= 0.3 is 0 Å². The zero-order valence-corrected chi connectivity index (χ0v) is 23.3. The number of hydrogen-bond acceptors (Lipinski definition) is 6. The highest BCUT2D eigenvalue weighted by atomic mass is 35.5. The van der Waals surface area contributed by atoms with Crippen LogP contribution in [0.3, 0.4) is 0 Å². The lowest BCUT2D eigenvalue weighted by Crippen LogP contribution is -2.34. The highest BCUT2D eigenvalue weighted by molar-refractivity contribution is 7.17. The lowest BCUT2D eigenvalue weighted by molar-refractivity contribution is -0.129. The number of amides is 1. The number of aryl methyl sites for hydroxylation is 1. The van der Waals surface area contributed by atoms with Gasteiger partial charge < -0.3 is 14.9 Å². The van der Waals surface area contributed by atoms with E-state index < -0.39 is 23.5 Å². The number of halogens is 2. The fraction of sp³-hybridized carbons (Fsp3) is 0.321. The van der Waals surface area contributed by atoms with Crippen molar-refractivity contribution < 1.29 is 14.7 Å². The minimum Gasteiger partial charge on any atom is -0.503 e. The van der Waals surface area contributed by atoms with E-state index in [9.17, 15) is 14.7 Å². The monoisotopic (exact) mass is 557 g/mol. The van der Waals surface area contributed by atoms with E-state index >= 15 is 0 Å². The minimum atomic E-state index is -0.784. The number of ketones is 1. The molecule has 9 heteroatoms. The van der Waals surface area contributed by atoms with Gasteiger partial charge in [0.05, 0.1) is 32.2 Å². The number of carbonyl (C=O) groups is 2. The van der Waals surface area contributed by atoms with Crippen LogP contribution in [0.4, 0.5) is 0 Å². The van der Waals surface area contributed by atoms with E-state index in [0.717, 1.165) is 25.2 Å². The summed E-state index contributed by atoms with van der Waals surface area (Å²) in [5.41, 5.74) is 2.10. The summed E-state index contributed by atoms with van der Waals surface area (Å²) in [5, 5.41) is 12.4. The van der Waals surface area contributed by atoms with Gasteiger partial charge in [0.15, 0.2) is 5.76 Å². The van der Waals surface area contributed by atoms with Gasteiger partial charge in [-0.3, -0.25) is 9.59 Å². The number of hydrogen-bond donors (Lipinski definition) is 1. The molecule has 1 amide bonds. The van der Waals surface area contributed by atoms with E-state index in [1.807, 2.05) is 30.3 Å². The molecule has 0 bridgehead atoms. The second-order valence-electron chi connectivity index (χ2n) is 8.85. The number of aliphatic hydroxyl groups is 1. The smallest absolute Gasteiger partial charge is 0.290 e. The molecule has 2 aromatic carbocycles. The van der Waals surface area contributed by atoms with Gasteiger partial charge in [-0.1, -0.05) is 73.4 Å². The molecule has 194 valence electrons. The van der Waals surface area contributed by atoms with Gasteiger partial charge in [-0.15, -0.1) is 11.3 Å². The topological polar surface area (TPSA) is 73.7 Å². The van der Waals surface area contributed by atoms with Crippen LogP contribution in [0, 0.1) is 6.92 Å². The number of aromatic nitrogens is 1. The molecule has 1 N–H and O–H groups in total. The fourth-order valence-electron chi connectivity index (χ4n) is 4.58. The van der Waals surface area contributed by atoms with E-state index in [-0.39, 0.29) is 5.57 Å². The molecule has 1 atom stereocenters. The molecule has 6 nitrogen and oxygen atoms in total. The Morgan fingerprint density at radius 2 is 1.81 bits per heavy atom. The third-order valence-corrected chi connectivity index (χ3v) is 8.54. The summed E-state index contributed by atoms with van der Waals surface area (Å²) in [6.45, 7) is 8.93. The molecule has 0 fully saturated rings. The van der Waals surface area contributed by atoms with Gasteiger partial charge in [-0.2, -0.15) is 0 Å². The van der Waals surface area contributed by atoms with Crippen LogP contribution in [-0.4, -0.2) is 57.8 Å². The lowest BCUT2D eigenvalue weighted by Gasteiger charge is -2.28. The molecule has 1 aliphatic heterocycles. The van der Waals surface area contributed by atoms with Crippen LogP contribution in [-0.2, 0) is 4.79 Å². The second kappa shape index (κ2) is 11.8. The summed E-state index contributed by atoms with van der Waals surface area (Å²) >= 11 is 13.7. The van der Waals surface area contributed by atoms with Crippen molar-refractivity contribution in [3.05, 3.63) is 86.0 Å². The number of carbonyl (C=O) groups excluding carboxylic acids is 2. The van der Waals surface area contributed by atoms with E-state index in [0.29, 0.717) is 44.2 Å². The van der Waals surface area contributed by atoms with E-state index in [1.165, 1.54) is 11.3 Å². The zero-order chi connectivity index (χ0) is 26.7. The van der Waals surface area contributed by atoms with Crippen molar-refractivity contribution >= 4 is 46.2 Å². The summed E-state index contributed by atoms with van der Waals surface area (Å²) in [4.78, 5) is 36.0. The summed E-state index contributed by atoms with van der Waals surface area (Å²) < 4.78 is 0. The van der Waals surface area contributed by atoms with Crippen molar-refractivity contribution in [2.24, 2.45) is 0 Å². The molecular formula is C28H29Cl2N3O3S. The molecule has 1 unspecified atom stereocenters. The van der Waals surface area contributed by atoms with E-state index in [4.69, 9.17) is 23.2 Å². The SMILES string of the molecule is CCN(CC)CCCN1C(=O)C(O)=C(C(=O)c2sc(-c3ccccc3)nc2C)C1c1ccc(Cl)c(Cl)c1. The summed E-state index contributed by atoms with van der Waals surface area (Å²) in [5.74, 6) is -1.51. The summed E-state index contributed by atoms with van der Waals surface area (Å²) in [6.07, 6.45) is 0.692. The molecule has 1 aliphatic rings. The Hall–Kier alpha value is -2.71. The van der Waals surface area contributed by atoms with Gasteiger partial charge in [-0.25, -0.2) is 4.98 Å². The first-order valence-corrected chi connectivity index (χ1v) is 13.8. The number of nitrogens with zero attached hydrogens (tertiary/aromatic N) is 3. The van der Waals surface area contributed by atoms with E-state index in [1.54, 1.807) is 30.0 Å². The van der Waals surface area contributed by atoms with Gasteiger partial charge in [0, 0.05) is 12.1 Å². The highest BCUT2D eigenvalue weighted by Gasteiger charge is 2.44. The maximum atomic E-state index is 13.9. The van der Waals surface area contributed by atoms with Gasteiger partial charge in [0.2, 0.25) is 5.78 Å². The van der Waals surface area contributed by atoms with Crippen LogP contribution in [0.25, 0.3) is 10.6 Å². The van der Waals surface area contributed by atoms with E-state index in [2.05, 4.69) is 23.7 Å². The number of Topliss-reactive ketones (excluding diaryl/α,β-unsaturated/α-hetero) is 1. The Bertz CT molecular complexity index is 1340. The molecule has 3 aromatic rings. The lowest BCUT2D eigenvalue weighted by atomic mass is 9.95. The maximum Gasteiger partial charge on any atom is 0.290 e. The van der Waals surface area contributed by atoms with Crippen LogP contribution in [0.1, 0.15) is 47.2 Å². The number of aliphatic hydroxyl groups excluding tert-OH is 1. The summed E-state index contributed by atoms with van der Waals surface area (Å²) in [7, 11) is 0. The zero-order valence-electron chi connectivity index (χ0n) is 21.0. The van der Waals surface area contributed by atoms with Crippen molar-refractivity contribution in [3.8, 4) is 10.6 Å². The third-order valence-electron chi connectivity index (χ3n) is 6.60. The molecule has 0 saturated heterocycles. The minimum absolute atomic E-state index is 0.0394. The molecule has 0 radical (unpaired) electrons. The Kier molecular flexibility index (Phi) is 8.70. The average molecular weight is 559 g/mol. The number of rotatable bonds is 10. The Balaban J connectivity index is 1.72. The van der Waals surface area contributed by atoms with Crippen molar-refractivity contribution in [2.75, 3.05) is 26.2 Å². The summed E-state index contributed by atoms with van der Waals surface area (Å²) in [6, 6.07) is 13.8. The van der Waals surface area contributed by atoms with Gasteiger partial charge in [0.1, 0.15) is 5.01 Å². The van der Waals surface area contributed by atoms with Crippen LogP contribution in [0.5, 0.6) is 0 Å². The van der Waals surface area contributed by atoms with Crippen LogP contribution >= 0.6 is 34.5 Å². The predicted molar refractivity (Wildman–Crippen MR) is 150 cm³/mol. The molecule has 0 aliphatic carbocycles. The first kappa shape index (κ1) is 27.3. The highest BCUT2D eigenvalue weighted by Crippen LogP contribution is 2.42. The van der Waals surface area contributed by atoms with Gasteiger partial charge in [-0.05, 0) is 50.7 Å². The molecule has 2 heterocycles. The van der Waals surface area contributed by atoms with Crippen molar-refractivity contribution in [2.45, 2.75) is 33.2 Å². The molecular weight excluding hydrogens is 529 g/mol. The van der Waals surface area contributed by atoms with Crippen molar-refractivity contribution in [1.82, 2.24) is 14.8 Å². The predicted octanol–water partition coefficient (Wildman–Crippen LogP) is 6.74. The first-order chi connectivity index (χ1) is 17.8. The maximum absolute atomic E-state index is 13.9. The first-order valence-electron chi connectivity index (χ1n) is 12.3. The Morgan fingerprint density at radius 1 is 1.11 bits per heavy atom. The third kappa shape index (κ3) is 5.60. The Morgan fingerprint density at radius 3 is 2.46 bits per heavy atom. The molecule has 4 rings (SSSR count). The standard InChI is InChI=1S/C28H29Cl2N3O3S/c1-4-32(5-2)14-9-15-33-23(19-12-13-20(29)21(30)16-19)22(25(35)28(33)36)24(34)26-17(3)31-27(37-26)18-10-7-6-8-11-18/h6-8,10-13,16,23,35H,4-5,9,14-15H2,1-3H3. The molecule has 0 saturated carbocycles. The molecule has 1 aromatic heterocycles. The molecule has 37 heavy (non-hydrogen) atoms. The largest absolute Gasteiger partial charge is 0.503 e. The van der Waals surface area contributed by atoms with Crippen molar-refractivity contribution in [3.63, 3.8) is 0 Å². The normalized spacial score (nSPS) is 15.8. The van der Waals surface area contributed by atoms with Crippen LogP contribution < -0.4 is 0 Å². The quantitative estimate of drug-likeness (QED) is 0.279. The Labute approximate surface area is 231 Å². The fourth-order valence-corrected chi connectivity index (χ4v) is 5.92. The number of benzene rings is 2. The molecule has 0 spiro atoms.